The van der Waals surface area contributed by atoms with E-state index in [1.807, 2.05) is 0 Å². The summed E-state index contributed by atoms with van der Waals surface area (Å²) in [5.41, 5.74) is 0. The molecule has 0 aromatic carbocycles. The summed E-state index contributed by atoms with van der Waals surface area (Å²) in [6, 6.07) is 0. The lowest BCUT2D eigenvalue weighted by molar-refractivity contribution is -0.123. The Morgan fingerprint density at radius 2 is 2.38 bits per heavy atom. The lowest BCUT2D eigenvalue weighted by Gasteiger charge is -2.04. The van der Waals surface area contributed by atoms with E-state index in [4.69, 9.17) is 0 Å². The molecule has 0 bridgehead atoms. The van der Waals surface area contributed by atoms with Crippen LogP contribution >= 0.6 is 24.0 Å². The van der Waals surface area contributed by atoms with E-state index in [0.29, 0.717) is 5.13 Å². The lowest BCUT2D eigenvalue weighted by Crippen LogP contribution is -2.28. The molecule has 1 atom stereocenters. The van der Waals surface area contributed by atoms with Crippen LogP contribution in [0.1, 0.15) is 6.92 Å². The van der Waals surface area contributed by atoms with Crippen molar-refractivity contribution in [3.8, 4) is 0 Å². The zero-order chi connectivity index (χ0) is 9.84. The van der Waals surface area contributed by atoms with Gasteiger partial charge < -0.3 is 5.32 Å². The summed E-state index contributed by atoms with van der Waals surface area (Å²) in [5.74, 6) is -0.719. The number of carbonyl (C=O) groups excluding carboxylic acids is 2. The summed E-state index contributed by atoms with van der Waals surface area (Å²) >= 11 is 5.14. The van der Waals surface area contributed by atoms with Crippen LogP contribution in [0.2, 0.25) is 0 Å². The molecule has 0 fully saturated rings. The van der Waals surface area contributed by atoms with Crippen LogP contribution < -0.4 is 5.32 Å². The molecule has 0 aliphatic heterocycles. The zero-order valence-corrected chi connectivity index (χ0v) is 8.56. The van der Waals surface area contributed by atoms with Crippen LogP contribution in [0.25, 0.3) is 0 Å². The molecule has 1 aromatic rings. The summed E-state index contributed by atoms with van der Waals surface area (Å²) in [7, 11) is 0. The molecule has 1 unspecified atom stereocenters. The van der Waals surface area contributed by atoms with Crippen molar-refractivity contribution in [2.24, 2.45) is 0 Å². The minimum Gasteiger partial charge on any atom is -0.301 e. The molecule has 1 aromatic heterocycles. The number of anilines is 1. The first-order valence-corrected chi connectivity index (χ1v) is 4.89. The van der Waals surface area contributed by atoms with Crippen LogP contribution in [-0.2, 0) is 9.59 Å². The van der Waals surface area contributed by atoms with Gasteiger partial charge in [-0.3, -0.25) is 9.59 Å². The Bertz CT molecular complexity index is 310. The standard InChI is InChI=1S/C7H8N2O2S2/c1-4(10)5(12)6(11)9-7-8-2-3-13-7/h2-3,5,12H,1H3,(H,8,9,11). The smallest absolute Gasteiger partial charge is 0.246 e. The lowest BCUT2D eigenvalue weighted by atomic mass is 10.3. The molecule has 0 radical (unpaired) electrons. The van der Waals surface area contributed by atoms with Crippen LogP contribution in [0.5, 0.6) is 0 Å². The van der Waals surface area contributed by atoms with Crippen LogP contribution in [0.3, 0.4) is 0 Å². The van der Waals surface area contributed by atoms with Crippen LogP contribution in [0.4, 0.5) is 5.13 Å². The van der Waals surface area contributed by atoms with Gasteiger partial charge in [-0.2, -0.15) is 12.6 Å². The topological polar surface area (TPSA) is 59.1 Å². The highest BCUT2D eigenvalue weighted by Crippen LogP contribution is 2.11. The summed E-state index contributed by atoms with van der Waals surface area (Å²) < 4.78 is 0. The maximum atomic E-state index is 11.2. The van der Waals surface area contributed by atoms with Gasteiger partial charge in [0.05, 0.1) is 0 Å². The van der Waals surface area contributed by atoms with Gasteiger partial charge in [0, 0.05) is 11.6 Å². The van der Waals surface area contributed by atoms with E-state index in [9.17, 15) is 9.59 Å². The van der Waals surface area contributed by atoms with E-state index in [1.165, 1.54) is 18.3 Å². The van der Waals surface area contributed by atoms with Crippen molar-refractivity contribution >= 4 is 40.8 Å². The Balaban J connectivity index is 2.56. The van der Waals surface area contributed by atoms with Gasteiger partial charge in [0.15, 0.2) is 10.9 Å². The second-order valence-electron chi connectivity index (χ2n) is 2.34. The molecule has 0 aliphatic carbocycles. The van der Waals surface area contributed by atoms with E-state index in [0.717, 1.165) is 0 Å². The quantitative estimate of drug-likeness (QED) is 0.584. The Kier molecular flexibility index (Phi) is 3.44. The van der Waals surface area contributed by atoms with Gasteiger partial charge in [-0.25, -0.2) is 4.98 Å². The van der Waals surface area contributed by atoms with Crippen molar-refractivity contribution in [2.45, 2.75) is 12.2 Å². The number of hydrogen-bond acceptors (Lipinski definition) is 5. The minimum absolute atomic E-state index is 0.280. The number of amides is 1. The summed E-state index contributed by atoms with van der Waals surface area (Å²) in [4.78, 5) is 25.8. The molecule has 1 amide bonds. The molecule has 13 heavy (non-hydrogen) atoms. The first kappa shape index (κ1) is 10.2. The molecular formula is C7H8N2O2S2. The van der Waals surface area contributed by atoms with E-state index in [-0.39, 0.29) is 5.78 Å². The summed E-state index contributed by atoms with van der Waals surface area (Å²) in [5, 5.41) is 3.77. The van der Waals surface area contributed by atoms with Crippen molar-refractivity contribution in [3.05, 3.63) is 11.6 Å². The van der Waals surface area contributed by atoms with E-state index in [1.54, 1.807) is 11.6 Å². The van der Waals surface area contributed by atoms with Crippen molar-refractivity contribution in [1.82, 2.24) is 4.98 Å². The number of Topliss-reactive ketones (excluding diaryl/α,β-unsaturated/α-hetero) is 1. The number of thiazole rings is 1. The van der Waals surface area contributed by atoms with Gasteiger partial charge >= 0.3 is 0 Å². The third-order valence-corrected chi connectivity index (χ3v) is 2.58. The number of ketones is 1. The fourth-order valence-electron chi connectivity index (χ4n) is 0.644. The van der Waals surface area contributed by atoms with Crippen molar-refractivity contribution in [3.63, 3.8) is 0 Å². The van der Waals surface area contributed by atoms with Gasteiger partial charge in [0.2, 0.25) is 5.91 Å². The van der Waals surface area contributed by atoms with Crippen molar-refractivity contribution in [1.29, 1.82) is 0 Å². The summed E-state index contributed by atoms with van der Waals surface area (Å²) in [6.45, 7) is 1.32. The Morgan fingerprint density at radius 3 is 2.85 bits per heavy atom. The fraction of sp³-hybridized carbons (Fsp3) is 0.286. The molecule has 70 valence electrons. The highest BCUT2D eigenvalue weighted by atomic mass is 32.1. The predicted molar refractivity (Wildman–Crippen MR) is 54.2 cm³/mol. The SMILES string of the molecule is CC(=O)C(S)C(=O)Nc1nccs1. The highest BCUT2D eigenvalue weighted by Gasteiger charge is 2.18. The molecule has 1 rings (SSSR count). The Morgan fingerprint density at radius 1 is 1.69 bits per heavy atom. The normalized spacial score (nSPS) is 12.2. The molecule has 6 heteroatoms. The van der Waals surface area contributed by atoms with E-state index in [2.05, 4.69) is 22.9 Å². The van der Waals surface area contributed by atoms with Gasteiger partial charge in [-0.05, 0) is 6.92 Å². The number of thiol groups is 1. The molecule has 0 saturated carbocycles. The molecule has 0 aliphatic rings. The van der Waals surface area contributed by atoms with Gasteiger partial charge in [-0.15, -0.1) is 11.3 Å². The number of nitrogens with one attached hydrogen (secondary N) is 1. The van der Waals surface area contributed by atoms with Crippen molar-refractivity contribution in [2.75, 3.05) is 5.32 Å². The average molecular weight is 216 g/mol. The number of hydrogen-bond donors (Lipinski definition) is 2. The Hall–Kier alpha value is -0.880. The Labute approximate surface area is 84.8 Å². The minimum atomic E-state index is -0.913. The number of rotatable bonds is 3. The van der Waals surface area contributed by atoms with E-state index < -0.39 is 11.2 Å². The summed E-state index contributed by atoms with van der Waals surface area (Å²) in [6.07, 6.45) is 1.57. The average Bonchev–Trinajstić information content (AvgIpc) is 2.55. The van der Waals surface area contributed by atoms with Gasteiger partial charge in [0.1, 0.15) is 5.25 Å². The van der Waals surface area contributed by atoms with Crippen LogP contribution in [0.15, 0.2) is 11.6 Å². The molecule has 0 spiro atoms. The molecular weight excluding hydrogens is 208 g/mol. The third-order valence-electron chi connectivity index (χ3n) is 1.30. The monoisotopic (exact) mass is 216 g/mol. The molecule has 0 saturated heterocycles. The largest absolute Gasteiger partial charge is 0.301 e. The maximum absolute atomic E-state index is 11.2. The zero-order valence-electron chi connectivity index (χ0n) is 6.85. The molecule has 1 N–H and O–H groups in total. The van der Waals surface area contributed by atoms with E-state index >= 15 is 0 Å². The van der Waals surface area contributed by atoms with Crippen molar-refractivity contribution < 1.29 is 9.59 Å². The first-order chi connectivity index (χ1) is 6.11. The second kappa shape index (κ2) is 4.38. The number of carbonyl (C=O) groups is 2. The number of nitrogens with zero attached hydrogens (tertiary/aromatic N) is 1. The predicted octanol–water partition coefficient (Wildman–Crippen LogP) is 0.969. The fourth-order valence-corrected chi connectivity index (χ4v) is 1.24. The van der Waals surface area contributed by atoms with Crippen LogP contribution in [-0.4, -0.2) is 21.9 Å². The van der Waals surface area contributed by atoms with Crippen LogP contribution in [0, 0.1) is 0 Å². The third kappa shape index (κ3) is 2.82. The van der Waals surface area contributed by atoms with Gasteiger partial charge in [0.25, 0.3) is 0 Å². The molecule has 1 heterocycles. The second-order valence-corrected chi connectivity index (χ2v) is 3.75. The first-order valence-electron chi connectivity index (χ1n) is 3.50. The molecule has 4 nitrogen and oxygen atoms in total. The highest BCUT2D eigenvalue weighted by molar-refractivity contribution is 7.82. The number of aromatic nitrogens is 1. The maximum Gasteiger partial charge on any atom is 0.246 e. The van der Waals surface area contributed by atoms with Gasteiger partial charge in [-0.1, -0.05) is 0 Å².